The summed E-state index contributed by atoms with van der Waals surface area (Å²) in [6, 6.07) is 2.83. The molecule has 0 aliphatic heterocycles. The standard InChI is InChI=1S/C9H12ClNO4S/c1-14-6-3-7-15-9-8(16(10,12)13)4-2-5-11-9/h2,4-5H,3,6-7H2,1H3. The van der Waals surface area contributed by atoms with Crippen LogP contribution in [-0.4, -0.2) is 33.7 Å². The van der Waals surface area contributed by atoms with E-state index in [0.717, 1.165) is 0 Å². The molecule has 0 amide bonds. The van der Waals surface area contributed by atoms with E-state index >= 15 is 0 Å². The number of aromatic nitrogens is 1. The minimum Gasteiger partial charge on any atom is -0.477 e. The first kappa shape index (κ1) is 13.2. The van der Waals surface area contributed by atoms with E-state index in [2.05, 4.69) is 4.98 Å². The Labute approximate surface area is 98.8 Å². The maximum absolute atomic E-state index is 11.2. The van der Waals surface area contributed by atoms with Gasteiger partial charge in [-0.05, 0) is 12.1 Å². The summed E-state index contributed by atoms with van der Waals surface area (Å²) in [5.74, 6) is 0.0219. The van der Waals surface area contributed by atoms with E-state index in [9.17, 15) is 8.42 Å². The summed E-state index contributed by atoms with van der Waals surface area (Å²) in [5, 5.41) is 0. The summed E-state index contributed by atoms with van der Waals surface area (Å²) in [6.45, 7) is 0.861. The van der Waals surface area contributed by atoms with E-state index in [0.29, 0.717) is 19.6 Å². The van der Waals surface area contributed by atoms with Crippen molar-refractivity contribution in [2.24, 2.45) is 0 Å². The Morgan fingerprint density at radius 2 is 2.19 bits per heavy atom. The highest BCUT2D eigenvalue weighted by molar-refractivity contribution is 8.13. The zero-order valence-corrected chi connectivity index (χ0v) is 10.3. The third-order valence-corrected chi connectivity index (χ3v) is 3.07. The largest absolute Gasteiger partial charge is 0.477 e. The summed E-state index contributed by atoms with van der Waals surface area (Å²) in [4.78, 5) is 3.70. The van der Waals surface area contributed by atoms with E-state index in [1.165, 1.54) is 18.3 Å². The van der Waals surface area contributed by atoms with Gasteiger partial charge in [0.15, 0.2) is 0 Å². The molecule has 0 radical (unpaired) electrons. The van der Waals surface area contributed by atoms with E-state index in [1.54, 1.807) is 7.11 Å². The quantitative estimate of drug-likeness (QED) is 0.575. The summed E-state index contributed by atoms with van der Waals surface area (Å²) < 4.78 is 32.4. The molecule has 0 unspecified atom stereocenters. The van der Waals surface area contributed by atoms with Gasteiger partial charge in [0.1, 0.15) is 4.90 Å². The lowest BCUT2D eigenvalue weighted by atomic mass is 10.4. The average Bonchev–Trinajstić information content (AvgIpc) is 2.24. The van der Waals surface area contributed by atoms with Crippen LogP contribution in [0.1, 0.15) is 6.42 Å². The Morgan fingerprint density at radius 1 is 1.44 bits per heavy atom. The zero-order chi connectivity index (χ0) is 12.0. The number of pyridine rings is 1. The second-order valence-electron chi connectivity index (χ2n) is 2.94. The molecule has 1 rings (SSSR count). The molecule has 0 bridgehead atoms. The SMILES string of the molecule is COCCCOc1ncccc1S(=O)(=O)Cl. The molecule has 0 N–H and O–H groups in total. The van der Waals surface area contributed by atoms with Gasteiger partial charge in [-0.15, -0.1) is 0 Å². The lowest BCUT2D eigenvalue weighted by molar-refractivity contribution is 0.169. The van der Waals surface area contributed by atoms with Crippen molar-refractivity contribution in [3.05, 3.63) is 18.3 Å². The van der Waals surface area contributed by atoms with Crippen molar-refractivity contribution in [2.45, 2.75) is 11.3 Å². The average molecular weight is 266 g/mol. The number of methoxy groups -OCH3 is 1. The smallest absolute Gasteiger partial charge is 0.266 e. The molecule has 0 aliphatic rings. The van der Waals surface area contributed by atoms with Crippen molar-refractivity contribution < 1.29 is 17.9 Å². The lowest BCUT2D eigenvalue weighted by Crippen LogP contribution is -2.05. The van der Waals surface area contributed by atoms with Gasteiger partial charge in [0.2, 0.25) is 5.88 Å². The van der Waals surface area contributed by atoms with Gasteiger partial charge < -0.3 is 9.47 Å². The van der Waals surface area contributed by atoms with Crippen molar-refractivity contribution in [1.29, 1.82) is 0 Å². The van der Waals surface area contributed by atoms with Crippen LogP contribution < -0.4 is 4.74 Å². The van der Waals surface area contributed by atoms with Gasteiger partial charge >= 0.3 is 0 Å². The van der Waals surface area contributed by atoms with Crippen molar-refractivity contribution >= 4 is 19.7 Å². The Hall–Kier alpha value is -0.850. The molecule has 0 saturated heterocycles. The van der Waals surface area contributed by atoms with Crippen LogP contribution in [0.2, 0.25) is 0 Å². The van der Waals surface area contributed by atoms with Gasteiger partial charge in [-0.1, -0.05) is 0 Å². The summed E-state index contributed by atoms with van der Waals surface area (Å²) >= 11 is 0. The lowest BCUT2D eigenvalue weighted by Gasteiger charge is -2.07. The fourth-order valence-electron chi connectivity index (χ4n) is 1.04. The predicted octanol–water partition coefficient (Wildman–Crippen LogP) is 1.42. The highest BCUT2D eigenvalue weighted by atomic mass is 35.7. The van der Waals surface area contributed by atoms with Crippen molar-refractivity contribution in [1.82, 2.24) is 4.98 Å². The summed E-state index contributed by atoms with van der Waals surface area (Å²) in [7, 11) is 2.99. The Balaban J connectivity index is 2.73. The number of rotatable bonds is 6. The van der Waals surface area contributed by atoms with Crippen LogP contribution in [0.15, 0.2) is 23.2 Å². The number of ether oxygens (including phenoxy) is 2. The predicted molar refractivity (Wildman–Crippen MR) is 59.3 cm³/mol. The number of hydrogen-bond acceptors (Lipinski definition) is 5. The fourth-order valence-corrected chi connectivity index (χ4v) is 1.96. The van der Waals surface area contributed by atoms with Crippen LogP contribution in [0.25, 0.3) is 0 Å². The zero-order valence-electron chi connectivity index (χ0n) is 8.72. The normalized spacial score (nSPS) is 11.4. The minimum absolute atomic E-state index is 0.0219. The molecule has 0 aromatic carbocycles. The van der Waals surface area contributed by atoms with Gasteiger partial charge in [-0.2, -0.15) is 0 Å². The Morgan fingerprint density at radius 3 is 2.81 bits per heavy atom. The van der Waals surface area contributed by atoms with Gasteiger partial charge in [0, 0.05) is 37.0 Å². The molecule has 1 aromatic rings. The maximum atomic E-state index is 11.2. The van der Waals surface area contributed by atoms with Crippen molar-refractivity contribution in [3.8, 4) is 5.88 Å². The van der Waals surface area contributed by atoms with E-state index in [-0.39, 0.29) is 10.8 Å². The van der Waals surface area contributed by atoms with Gasteiger partial charge in [-0.3, -0.25) is 0 Å². The molecule has 5 nitrogen and oxygen atoms in total. The second-order valence-corrected chi connectivity index (χ2v) is 5.47. The molecule has 0 aliphatic carbocycles. The monoisotopic (exact) mass is 265 g/mol. The molecule has 0 saturated carbocycles. The van der Waals surface area contributed by atoms with E-state index in [1.807, 2.05) is 0 Å². The molecule has 1 aromatic heterocycles. The molecule has 0 spiro atoms. The molecule has 7 heteroatoms. The molecule has 0 atom stereocenters. The van der Waals surface area contributed by atoms with Crippen molar-refractivity contribution in [2.75, 3.05) is 20.3 Å². The highest BCUT2D eigenvalue weighted by Crippen LogP contribution is 2.23. The third kappa shape index (κ3) is 3.96. The molecule has 90 valence electrons. The third-order valence-electron chi connectivity index (χ3n) is 1.73. The summed E-state index contributed by atoms with van der Waals surface area (Å²) in [6.07, 6.45) is 2.09. The maximum Gasteiger partial charge on any atom is 0.266 e. The van der Waals surface area contributed by atoms with Gasteiger partial charge in [-0.25, -0.2) is 13.4 Å². The van der Waals surface area contributed by atoms with Crippen LogP contribution in [0.5, 0.6) is 5.88 Å². The first-order chi connectivity index (χ1) is 7.55. The number of halogens is 1. The van der Waals surface area contributed by atoms with Gasteiger partial charge in [0.05, 0.1) is 6.61 Å². The van der Waals surface area contributed by atoms with Gasteiger partial charge in [0.25, 0.3) is 9.05 Å². The number of nitrogens with zero attached hydrogens (tertiary/aromatic N) is 1. The van der Waals surface area contributed by atoms with Crippen LogP contribution >= 0.6 is 10.7 Å². The van der Waals surface area contributed by atoms with E-state index < -0.39 is 9.05 Å². The summed E-state index contributed by atoms with van der Waals surface area (Å²) in [5.41, 5.74) is 0. The van der Waals surface area contributed by atoms with Crippen molar-refractivity contribution in [3.63, 3.8) is 0 Å². The molecule has 0 fully saturated rings. The molecular formula is C9H12ClNO4S. The van der Waals surface area contributed by atoms with Crippen LogP contribution in [-0.2, 0) is 13.8 Å². The highest BCUT2D eigenvalue weighted by Gasteiger charge is 2.17. The van der Waals surface area contributed by atoms with E-state index in [4.69, 9.17) is 20.2 Å². The van der Waals surface area contributed by atoms with Crippen LogP contribution in [0.4, 0.5) is 0 Å². The number of hydrogen-bond donors (Lipinski definition) is 0. The first-order valence-corrected chi connectivity index (χ1v) is 6.88. The Kier molecular flexibility index (Phi) is 4.98. The second kappa shape index (κ2) is 6.03. The molecule has 16 heavy (non-hydrogen) atoms. The molecular weight excluding hydrogens is 254 g/mol. The fraction of sp³-hybridized carbons (Fsp3) is 0.444. The first-order valence-electron chi connectivity index (χ1n) is 4.57. The minimum atomic E-state index is -3.82. The molecule has 1 heterocycles. The van der Waals surface area contributed by atoms with Crippen LogP contribution in [0.3, 0.4) is 0 Å². The van der Waals surface area contributed by atoms with Crippen LogP contribution in [0, 0.1) is 0 Å². The Bertz CT molecular complexity index is 435. The topological polar surface area (TPSA) is 65.5 Å².